The Morgan fingerprint density at radius 3 is 2.53 bits per heavy atom. The number of nitrogens with two attached hydrogens (primary N) is 1. The molecule has 0 saturated heterocycles. The molecule has 1 heterocycles. The quantitative estimate of drug-likeness (QED) is 0.890. The highest BCUT2D eigenvalue weighted by molar-refractivity contribution is 5.94. The second kappa shape index (κ2) is 5.14. The molecule has 0 aliphatic rings. The van der Waals surface area contributed by atoms with Crippen molar-refractivity contribution in [2.75, 3.05) is 5.73 Å². The lowest BCUT2D eigenvalue weighted by Gasteiger charge is -2.14. The number of nitrogens with one attached hydrogen (secondary N) is 1. The molecule has 1 atom stereocenters. The van der Waals surface area contributed by atoms with E-state index in [1.807, 2.05) is 6.92 Å². The van der Waals surface area contributed by atoms with Gasteiger partial charge in [-0.15, -0.1) is 0 Å². The highest BCUT2D eigenvalue weighted by Crippen LogP contribution is 2.15. The summed E-state index contributed by atoms with van der Waals surface area (Å²) in [6, 6.07) is 7.47. The predicted molar refractivity (Wildman–Crippen MR) is 72.1 cm³/mol. The van der Waals surface area contributed by atoms with Gasteiger partial charge in [0.1, 0.15) is 11.5 Å². The summed E-state index contributed by atoms with van der Waals surface area (Å²) in [5.41, 5.74) is 7.51. The zero-order valence-electron chi connectivity index (χ0n) is 10.9. The second-order valence-electron chi connectivity index (χ2n) is 4.52. The summed E-state index contributed by atoms with van der Waals surface area (Å²) in [7, 11) is 1.76. The van der Waals surface area contributed by atoms with Crippen molar-refractivity contribution in [3.63, 3.8) is 0 Å². The summed E-state index contributed by atoms with van der Waals surface area (Å²) in [5.74, 6) is -0.506. The van der Waals surface area contributed by atoms with Crippen LogP contribution in [0.25, 0.3) is 0 Å². The van der Waals surface area contributed by atoms with Gasteiger partial charge >= 0.3 is 0 Å². The number of rotatable bonds is 3. The second-order valence-corrected chi connectivity index (χ2v) is 4.52. The van der Waals surface area contributed by atoms with E-state index < -0.39 is 0 Å². The standard InChI is InChI=1S/C14H16FN3O/c1-9(10-3-5-11(15)6-4-10)17-14(19)13-7-12(16)8-18(13)2/h3-9H,16H2,1-2H3,(H,17,19). The van der Waals surface area contributed by atoms with E-state index in [0.29, 0.717) is 11.4 Å². The Bertz CT molecular complexity index is 589. The third-order valence-electron chi connectivity index (χ3n) is 2.98. The maximum Gasteiger partial charge on any atom is 0.268 e. The fourth-order valence-corrected chi connectivity index (χ4v) is 1.92. The van der Waals surface area contributed by atoms with E-state index in [9.17, 15) is 9.18 Å². The molecular weight excluding hydrogens is 245 g/mol. The first kappa shape index (κ1) is 13.1. The highest BCUT2D eigenvalue weighted by Gasteiger charge is 2.14. The molecule has 0 fully saturated rings. The first-order valence-electron chi connectivity index (χ1n) is 5.95. The van der Waals surface area contributed by atoms with Crippen molar-refractivity contribution in [3.05, 3.63) is 53.6 Å². The molecule has 1 amide bonds. The first-order valence-corrected chi connectivity index (χ1v) is 5.95. The molecule has 1 aromatic heterocycles. The number of hydrogen-bond donors (Lipinski definition) is 2. The average Bonchev–Trinajstić information content (AvgIpc) is 2.69. The van der Waals surface area contributed by atoms with E-state index >= 15 is 0 Å². The van der Waals surface area contributed by atoms with Gasteiger partial charge in [-0.3, -0.25) is 4.79 Å². The molecule has 4 nitrogen and oxygen atoms in total. The maximum atomic E-state index is 12.8. The van der Waals surface area contributed by atoms with Gasteiger partial charge in [-0.25, -0.2) is 4.39 Å². The Hall–Kier alpha value is -2.30. The fourth-order valence-electron chi connectivity index (χ4n) is 1.92. The number of aromatic nitrogens is 1. The van der Waals surface area contributed by atoms with Crippen molar-refractivity contribution in [1.29, 1.82) is 0 Å². The Morgan fingerprint density at radius 2 is 2.00 bits per heavy atom. The van der Waals surface area contributed by atoms with Gasteiger partial charge in [0.2, 0.25) is 0 Å². The molecule has 2 aromatic rings. The number of hydrogen-bond acceptors (Lipinski definition) is 2. The topological polar surface area (TPSA) is 60.1 Å². The van der Waals surface area contributed by atoms with Crippen LogP contribution in [0.1, 0.15) is 29.0 Å². The number of carbonyl (C=O) groups excluding carboxylic acids is 1. The fraction of sp³-hybridized carbons (Fsp3) is 0.214. The molecule has 100 valence electrons. The zero-order valence-corrected chi connectivity index (χ0v) is 10.9. The van der Waals surface area contributed by atoms with Gasteiger partial charge in [-0.1, -0.05) is 12.1 Å². The van der Waals surface area contributed by atoms with E-state index in [4.69, 9.17) is 5.73 Å². The average molecular weight is 261 g/mol. The lowest BCUT2D eigenvalue weighted by molar-refractivity contribution is 0.0931. The summed E-state index contributed by atoms with van der Waals surface area (Å²) in [6.45, 7) is 1.84. The summed E-state index contributed by atoms with van der Waals surface area (Å²) in [4.78, 5) is 12.1. The third-order valence-corrected chi connectivity index (χ3v) is 2.98. The summed E-state index contributed by atoms with van der Waals surface area (Å²) < 4.78 is 14.5. The van der Waals surface area contributed by atoms with Crippen molar-refractivity contribution in [3.8, 4) is 0 Å². The van der Waals surface area contributed by atoms with Crippen LogP contribution >= 0.6 is 0 Å². The van der Waals surface area contributed by atoms with Gasteiger partial charge in [0.15, 0.2) is 0 Å². The van der Waals surface area contributed by atoms with Crippen LogP contribution in [-0.2, 0) is 7.05 Å². The molecule has 0 aliphatic heterocycles. The third kappa shape index (κ3) is 2.93. The smallest absolute Gasteiger partial charge is 0.268 e. The van der Waals surface area contributed by atoms with Gasteiger partial charge in [0.05, 0.1) is 11.7 Å². The molecule has 2 rings (SSSR count). The maximum absolute atomic E-state index is 12.8. The molecule has 5 heteroatoms. The summed E-state index contributed by atoms with van der Waals surface area (Å²) >= 11 is 0. The Labute approximate surface area is 111 Å². The number of carbonyl (C=O) groups is 1. The SMILES string of the molecule is CC(NC(=O)c1cc(N)cn1C)c1ccc(F)cc1. The van der Waals surface area contributed by atoms with E-state index in [1.54, 1.807) is 36.0 Å². The van der Waals surface area contributed by atoms with Gasteiger partial charge in [0, 0.05) is 13.2 Å². The Morgan fingerprint density at radius 1 is 1.37 bits per heavy atom. The number of amides is 1. The van der Waals surface area contributed by atoms with E-state index in [1.165, 1.54) is 12.1 Å². The van der Waals surface area contributed by atoms with Crippen molar-refractivity contribution < 1.29 is 9.18 Å². The van der Waals surface area contributed by atoms with Gasteiger partial charge in [-0.05, 0) is 30.7 Å². The molecule has 3 N–H and O–H groups in total. The van der Waals surface area contributed by atoms with Crippen LogP contribution in [0, 0.1) is 5.82 Å². The highest BCUT2D eigenvalue weighted by atomic mass is 19.1. The van der Waals surface area contributed by atoms with Crippen molar-refractivity contribution >= 4 is 11.6 Å². The van der Waals surface area contributed by atoms with Crippen molar-refractivity contribution in [2.45, 2.75) is 13.0 Å². The normalized spacial score (nSPS) is 12.2. The number of nitrogens with zero attached hydrogens (tertiary/aromatic N) is 1. The monoisotopic (exact) mass is 261 g/mol. The predicted octanol–water partition coefficient (Wildman–Crippen LogP) is 2.24. The van der Waals surface area contributed by atoms with E-state index in [0.717, 1.165) is 5.56 Å². The van der Waals surface area contributed by atoms with Crippen LogP contribution in [0.3, 0.4) is 0 Å². The molecule has 1 unspecified atom stereocenters. The molecule has 0 spiro atoms. The molecular formula is C14H16FN3O. The lowest BCUT2D eigenvalue weighted by atomic mass is 10.1. The van der Waals surface area contributed by atoms with Crippen LogP contribution in [-0.4, -0.2) is 10.5 Å². The Balaban J connectivity index is 2.10. The number of anilines is 1. The minimum atomic E-state index is -0.294. The first-order chi connectivity index (χ1) is 8.97. The molecule has 0 saturated carbocycles. The van der Waals surface area contributed by atoms with E-state index in [2.05, 4.69) is 5.32 Å². The number of benzene rings is 1. The molecule has 0 bridgehead atoms. The van der Waals surface area contributed by atoms with Gasteiger partial charge < -0.3 is 15.6 Å². The number of halogens is 1. The zero-order chi connectivity index (χ0) is 14.0. The van der Waals surface area contributed by atoms with Crippen molar-refractivity contribution in [2.24, 2.45) is 7.05 Å². The van der Waals surface area contributed by atoms with Crippen LogP contribution in [0.4, 0.5) is 10.1 Å². The van der Waals surface area contributed by atoms with Gasteiger partial charge in [0.25, 0.3) is 5.91 Å². The number of aryl methyl sites for hydroxylation is 1. The summed E-state index contributed by atoms with van der Waals surface area (Å²) in [5, 5.41) is 2.85. The largest absolute Gasteiger partial charge is 0.397 e. The van der Waals surface area contributed by atoms with Crippen LogP contribution in [0.15, 0.2) is 36.5 Å². The van der Waals surface area contributed by atoms with Crippen molar-refractivity contribution in [1.82, 2.24) is 9.88 Å². The van der Waals surface area contributed by atoms with Gasteiger partial charge in [-0.2, -0.15) is 0 Å². The molecule has 19 heavy (non-hydrogen) atoms. The van der Waals surface area contributed by atoms with Crippen LogP contribution < -0.4 is 11.1 Å². The molecule has 1 aromatic carbocycles. The van der Waals surface area contributed by atoms with Crippen LogP contribution in [0.2, 0.25) is 0 Å². The van der Waals surface area contributed by atoms with Crippen LogP contribution in [0.5, 0.6) is 0 Å². The summed E-state index contributed by atoms with van der Waals surface area (Å²) in [6.07, 6.45) is 1.68. The number of nitrogen functional groups attached to an aromatic ring is 1. The van der Waals surface area contributed by atoms with E-state index in [-0.39, 0.29) is 17.8 Å². The lowest BCUT2D eigenvalue weighted by Crippen LogP contribution is -2.28. The molecule has 0 radical (unpaired) electrons. The minimum absolute atomic E-state index is 0.204. The minimum Gasteiger partial charge on any atom is -0.397 e. The Kier molecular flexibility index (Phi) is 3.55. The molecule has 0 aliphatic carbocycles.